The van der Waals surface area contributed by atoms with E-state index in [4.69, 9.17) is 10.5 Å². The van der Waals surface area contributed by atoms with Crippen molar-refractivity contribution in [3.63, 3.8) is 0 Å². The molecule has 84 valence electrons. The molecule has 0 aliphatic heterocycles. The molecular weight excluding hydrogens is 180 g/mol. The highest BCUT2D eigenvalue weighted by molar-refractivity contribution is 5.84. The van der Waals surface area contributed by atoms with Crippen molar-refractivity contribution >= 4 is 5.91 Å². The molecular formula is C10H22N2O2. The van der Waals surface area contributed by atoms with Crippen LogP contribution in [-0.4, -0.2) is 31.2 Å². The maximum Gasteiger partial charge on any atom is 0.251 e. The van der Waals surface area contributed by atoms with Gasteiger partial charge in [-0.3, -0.25) is 4.79 Å². The van der Waals surface area contributed by atoms with Crippen LogP contribution in [0, 0.1) is 0 Å². The number of methoxy groups -OCH3 is 1. The molecule has 1 amide bonds. The molecule has 0 saturated carbocycles. The predicted molar refractivity (Wildman–Crippen MR) is 57.0 cm³/mol. The van der Waals surface area contributed by atoms with Crippen molar-refractivity contribution in [2.45, 2.75) is 45.3 Å². The zero-order valence-corrected chi connectivity index (χ0v) is 9.59. The van der Waals surface area contributed by atoms with Gasteiger partial charge in [0.05, 0.1) is 0 Å². The van der Waals surface area contributed by atoms with Gasteiger partial charge >= 0.3 is 0 Å². The van der Waals surface area contributed by atoms with E-state index < -0.39 is 5.60 Å². The van der Waals surface area contributed by atoms with Gasteiger partial charge in [0.15, 0.2) is 0 Å². The Morgan fingerprint density at radius 2 is 2.14 bits per heavy atom. The Bertz CT molecular complexity index is 179. The molecule has 3 N–H and O–H groups in total. The first-order valence-electron chi connectivity index (χ1n) is 4.99. The van der Waals surface area contributed by atoms with Crippen LogP contribution in [0.4, 0.5) is 0 Å². The average molecular weight is 202 g/mol. The summed E-state index contributed by atoms with van der Waals surface area (Å²) in [5, 5.41) is 2.81. The van der Waals surface area contributed by atoms with Crippen LogP contribution >= 0.6 is 0 Å². The zero-order chi connectivity index (χ0) is 11.2. The topological polar surface area (TPSA) is 64.3 Å². The smallest absolute Gasteiger partial charge is 0.251 e. The largest absolute Gasteiger partial charge is 0.369 e. The van der Waals surface area contributed by atoms with Gasteiger partial charge in [-0.15, -0.1) is 0 Å². The number of nitrogens with one attached hydrogen (secondary N) is 1. The average Bonchev–Trinajstić information content (AvgIpc) is 2.11. The number of hydrogen-bond donors (Lipinski definition) is 2. The second-order valence-corrected chi connectivity index (χ2v) is 4.09. The highest BCUT2D eigenvalue weighted by Crippen LogP contribution is 2.06. The first kappa shape index (κ1) is 13.4. The van der Waals surface area contributed by atoms with Crippen molar-refractivity contribution in [3.8, 4) is 0 Å². The summed E-state index contributed by atoms with van der Waals surface area (Å²) in [5.74, 6) is -0.0790. The van der Waals surface area contributed by atoms with E-state index >= 15 is 0 Å². The standard InChI is InChI=1S/C10H22N2O2/c1-8(11)6-5-7-12-9(13)10(2,3)14-4/h8H,5-7,11H2,1-4H3,(H,12,13). The summed E-state index contributed by atoms with van der Waals surface area (Å²) < 4.78 is 5.04. The Morgan fingerprint density at radius 1 is 1.57 bits per heavy atom. The summed E-state index contributed by atoms with van der Waals surface area (Å²) in [4.78, 5) is 11.5. The third-order valence-corrected chi connectivity index (χ3v) is 2.18. The number of hydrogen-bond acceptors (Lipinski definition) is 3. The Balaban J connectivity index is 3.64. The lowest BCUT2D eigenvalue weighted by Gasteiger charge is -2.21. The lowest BCUT2D eigenvalue weighted by atomic mass is 10.1. The van der Waals surface area contributed by atoms with Crippen LogP contribution in [0.25, 0.3) is 0 Å². The first-order valence-corrected chi connectivity index (χ1v) is 4.99. The van der Waals surface area contributed by atoms with E-state index in [2.05, 4.69) is 5.32 Å². The van der Waals surface area contributed by atoms with Gasteiger partial charge in [0, 0.05) is 19.7 Å². The Morgan fingerprint density at radius 3 is 2.57 bits per heavy atom. The minimum absolute atomic E-state index is 0.0790. The third-order valence-electron chi connectivity index (χ3n) is 2.18. The van der Waals surface area contributed by atoms with E-state index in [1.54, 1.807) is 13.8 Å². The number of carbonyl (C=O) groups excluding carboxylic acids is 1. The van der Waals surface area contributed by atoms with Crippen LogP contribution in [0.1, 0.15) is 33.6 Å². The molecule has 0 aromatic carbocycles. The fourth-order valence-electron chi connectivity index (χ4n) is 0.932. The van der Waals surface area contributed by atoms with E-state index in [-0.39, 0.29) is 11.9 Å². The van der Waals surface area contributed by atoms with E-state index in [1.165, 1.54) is 7.11 Å². The fourth-order valence-corrected chi connectivity index (χ4v) is 0.932. The molecule has 0 aromatic heterocycles. The van der Waals surface area contributed by atoms with E-state index in [0.717, 1.165) is 12.8 Å². The summed E-state index contributed by atoms with van der Waals surface area (Å²) in [6.45, 7) is 6.11. The number of nitrogens with two attached hydrogens (primary N) is 1. The molecule has 14 heavy (non-hydrogen) atoms. The molecule has 0 bridgehead atoms. The van der Waals surface area contributed by atoms with Gasteiger partial charge in [-0.25, -0.2) is 0 Å². The molecule has 0 heterocycles. The fraction of sp³-hybridized carbons (Fsp3) is 0.900. The second-order valence-electron chi connectivity index (χ2n) is 4.09. The van der Waals surface area contributed by atoms with Crippen LogP contribution in [-0.2, 0) is 9.53 Å². The van der Waals surface area contributed by atoms with Crippen molar-refractivity contribution in [1.82, 2.24) is 5.32 Å². The maximum atomic E-state index is 11.5. The number of carbonyl (C=O) groups is 1. The highest BCUT2D eigenvalue weighted by atomic mass is 16.5. The van der Waals surface area contributed by atoms with Crippen molar-refractivity contribution in [2.24, 2.45) is 5.73 Å². The van der Waals surface area contributed by atoms with Crippen molar-refractivity contribution in [1.29, 1.82) is 0 Å². The summed E-state index contributed by atoms with van der Waals surface area (Å²) in [6.07, 6.45) is 1.83. The van der Waals surface area contributed by atoms with Crippen LogP contribution < -0.4 is 11.1 Å². The van der Waals surface area contributed by atoms with E-state index in [0.29, 0.717) is 6.54 Å². The Hall–Kier alpha value is -0.610. The summed E-state index contributed by atoms with van der Waals surface area (Å²) >= 11 is 0. The van der Waals surface area contributed by atoms with Gasteiger partial charge in [0.2, 0.25) is 0 Å². The van der Waals surface area contributed by atoms with Crippen molar-refractivity contribution in [3.05, 3.63) is 0 Å². The lowest BCUT2D eigenvalue weighted by Crippen LogP contribution is -2.44. The Kier molecular flexibility index (Phi) is 5.72. The zero-order valence-electron chi connectivity index (χ0n) is 9.59. The first-order chi connectivity index (χ1) is 6.40. The monoisotopic (exact) mass is 202 g/mol. The van der Waals surface area contributed by atoms with Gasteiger partial charge in [0.1, 0.15) is 5.60 Å². The van der Waals surface area contributed by atoms with Crippen molar-refractivity contribution < 1.29 is 9.53 Å². The van der Waals surface area contributed by atoms with E-state index in [9.17, 15) is 4.79 Å². The summed E-state index contributed by atoms with van der Waals surface area (Å²) in [6, 6.07) is 0.197. The van der Waals surface area contributed by atoms with Gasteiger partial charge < -0.3 is 15.8 Å². The molecule has 0 rings (SSSR count). The molecule has 0 radical (unpaired) electrons. The minimum Gasteiger partial charge on any atom is -0.369 e. The molecule has 4 heteroatoms. The van der Waals surface area contributed by atoms with Gasteiger partial charge in [0.25, 0.3) is 5.91 Å². The molecule has 4 nitrogen and oxygen atoms in total. The molecule has 0 aliphatic carbocycles. The summed E-state index contributed by atoms with van der Waals surface area (Å²) in [5.41, 5.74) is 4.84. The number of amides is 1. The van der Waals surface area contributed by atoms with E-state index in [1.807, 2.05) is 6.92 Å². The highest BCUT2D eigenvalue weighted by Gasteiger charge is 2.26. The predicted octanol–water partition coefficient (Wildman–Crippen LogP) is 0.655. The van der Waals surface area contributed by atoms with Crippen LogP contribution in [0.5, 0.6) is 0 Å². The normalized spacial score (nSPS) is 13.8. The van der Waals surface area contributed by atoms with Gasteiger partial charge in [-0.05, 0) is 33.6 Å². The molecule has 0 aromatic rings. The van der Waals surface area contributed by atoms with Crippen LogP contribution in [0.2, 0.25) is 0 Å². The van der Waals surface area contributed by atoms with Gasteiger partial charge in [-0.1, -0.05) is 0 Å². The third kappa shape index (κ3) is 5.19. The number of rotatable bonds is 6. The second kappa shape index (κ2) is 5.98. The molecule has 0 fully saturated rings. The maximum absolute atomic E-state index is 11.5. The molecule has 0 spiro atoms. The Labute approximate surface area is 86.2 Å². The number of ether oxygens (including phenoxy) is 1. The molecule has 0 aliphatic rings. The van der Waals surface area contributed by atoms with Crippen LogP contribution in [0.15, 0.2) is 0 Å². The quantitative estimate of drug-likeness (QED) is 0.622. The summed E-state index contributed by atoms with van der Waals surface area (Å²) in [7, 11) is 1.53. The van der Waals surface area contributed by atoms with Crippen molar-refractivity contribution in [2.75, 3.05) is 13.7 Å². The van der Waals surface area contributed by atoms with Crippen LogP contribution in [0.3, 0.4) is 0 Å². The SMILES string of the molecule is COC(C)(C)C(=O)NCCCC(C)N. The molecule has 1 atom stereocenters. The van der Waals surface area contributed by atoms with Gasteiger partial charge in [-0.2, -0.15) is 0 Å². The molecule has 0 saturated heterocycles. The lowest BCUT2D eigenvalue weighted by molar-refractivity contribution is -0.139. The minimum atomic E-state index is -0.742. The molecule has 1 unspecified atom stereocenters.